The van der Waals surface area contributed by atoms with Crippen molar-refractivity contribution in [3.05, 3.63) is 24.0 Å². The SMILES string of the molecule is COc1cc(F)ccc1N1CCNC(C(C)(C)C)C1. The molecule has 1 aliphatic rings. The predicted molar refractivity (Wildman–Crippen MR) is 76.4 cm³/mol. The average molecular weight is 266 g/mol. The van der Waals surface area contributed by atoms with Crippen LogP contribution in [-0.4, -0.2) is 32.8 Å². The number of halogens is 1. The first-order valence-electron chi connectivity index (χ1n) is 6.73. The number of nitrogens with zero attached hydrogens (tertiary/aromatic N) is 1. The fraction of sp³-hybridized carbons (Fsp3) is 0.600. The molecule has 0 aromatic heterocycles. The van der Waals surface area contributed by atoms with Gasteiger partial charge in [-0.2, -0.15) is 0 Å². The molecule has 1 N–H and O–H groups in total. The molecule has 0 spiro atoms. The van der Waals surface area contributed by atoms with Crippen molar-refractivity contribution in [3.8, 4) is 5.75 Å². The van der Waals surface area contributed by atoms with Crippen molar-refractivity contribution < 1.29 is 9.13 Å². The van der Waals surface area contributed by atoms with Crippen LogP contribution in [0.5, 0.6) is 5.75 Å². The van der Waals surface area contributed by atoms with Crippen molar-refractivity contribution >= 4 is 5.69 Å². The maximum absolute atomic E-state index is 13.3. The lowest BCUT2D eigenvalue weighted by Crippen LogP contribution is -2.56. The standard InChI is InChI=1S/C15H23FN2O/c1-15(2,3)14-10-18(8-7-17-14)12-6-5-11(16)9-13(12)19-4/h5-6,9,14,17H,7-8,10H2,1-4H3. The first-order chi connectivity index (χ1) is 8.91. The van der Waals surface area contributed by atoms with Crippen molar-refractivity contribution in [2.45, 2.75) is 26.8 Å². The summed E-state index contributed by atoms with van der Waals surface area (Å²) in [7, 11) is 1.59. The molecule has 0 bridgehead atoms. The van der Waals surface area contributed by atoms with Gasteiger partial charge >= 0.3 is 0 Å². The number of nitrogens with one attached hydrogen (secondary N) is 1. The van der Waals surface area contributed by atoms with Crippen LogP contribution in [0.2, 0.25) is 0 Å². The third-order valence-corrected chi connectivity index (χ3v) is 3.70. The highest BCUT2D eigenvalue weighted by molar-refractivity contribution is 5.59. The van der Waals surface area contributed by atoms with E-state index in [1.54, 1.807) is 13.2 Å². The molecule has 1 heterocycles. The van der Waals surface area contributed by atoms with Crippen LogP contribution >= 0.6 is 0 Å². The summed E-state index contributed by atoms with van der Waals surface area (Å²) in [5.74, 6) is 0.345. The zero-order valence-corrected chi connectivity index (χ0v) is 12.2. The van der Waals surface area contributed by atoms with Gasteiger partial charge < -0.3 is 15.0 Å². The molecule has 3 nitrogen and oxygen atoms in total. The van der Waals surface area contributed by atoms with Gasteiger partial charge in [-0.15, -0.1) is 0 Å². The third kappa shape index (κ3) is 3.18. The lowest BCUT2D eigenvalue weighted by atomic mass is 9.85. The normalized spacial score (nSPS) is 20.5. The van der Waals surface area contributed by atoms with Crippen LogP contribution in [0.25, 0.3) is 0 Å². The van der Waals surface area contributed by atoms with E-state index in [1.807, 2.05) is 0 Å². The van der Waals surface area contributed by atoms with E-state index < -0.39 is 0 Å². The van der Waals surface area contributed by atoms with Gasteiger partial charge in [-0.3, -0.25) is 0 Å². The van der Waals surface area contributed by atoms with Crippen molar-refractivity contribution in [1.29, 1.82) is 0 Å². The van der Waals surface area contributed by atoms with Crippen LogP contribution in [0.4, 0.5) is 10.1 Å². The number of hydrogen-bond acceptors (Lipinski definition) is 3. The second-order valence-corrected chi connectivity index (χ2v) is 6.13. The van der Waals surface area contributed by atoms with Crippen LogP contribution in [-0.2, 0) is 0 Å². The molecule has 0 radical (unpaired) electrons. The van der Waals surface area contributed by atoms with Gasteiger partial charge in [0.1, 0.15) is 11.6 Å². The van der Waals surface area contributed by atoms with E-state index in [2.05, 4.69) is 31.0 Å². The molecular formula is C15H23FN2O. The van der Waals surface area contributed by atoms with E-state index in [0.29, 0.717) is 11.8 Å². The van der Waals surface area contributed by atoms with E-state index in [-0.39, 0.29) is 11.2 Å². The smallest absolute Gasteiger partial charge is 0.145 e. The largest absolute Gasteiger partial charge is 0.494 e. The van der Waals surface area contributed by atoms with Crippen LogP contribution < -0.4 is 15.0 Å². The summed E-state index contributed by atoms with van der Waals surface area (Å²) in [5, 5.41) is 3.55. The summed E-state index contributed by atoms with van der Waals surface area (Å²) in [6.45, 7) is 9.45. The zero-order valence-electron chi connectivity index (χ0n) is 12.2. The lowest BCUT2D eigenvalue weighted by molar-refractivity contribution is 0.253. The molecule has 1 aromatic rings. The Morgan fingerprint density at radius 3 is 2.74 bits per heavy atom. The molecule has 1 aliphatic heterocycles. The van der Waals surface area contributed by atoms with E-state index >= 15 is 0 Å². The summed E-state index contributed by atoms with van der Waals surface area (Å²) in [6.07, 6.45) is 0. The first-order valence-corrected chi connectivity index (χ1v) is 6.73. The van der Waals surface area contributed by atoms with Gasteiger partial charge in [0.05, 0.1) is 12.8 Å². The molecule has 0 aliphatic carbocycles. The number of rotatable bonds is 2. The van der Waals surface area contributed by atoms with E-state index in [1.165, 1.54) is 12.1 Å². The summed E-state index contributed by atoms with van der Waals surface area (Å²) in [6, 6.07) is 5.16. The first kappa shape index (κ1) is 14.1. The number of ether oxygens (including phenoxy) is 1. The molecule has 19 heavy (non-hydrogen) atoms. The van der Waals surface area contributed by atoms with Crippen LogP contribution in [0, 0.1) is 11.2 Å². The van der Waals surface area contributed by atoms with Crippen LogP contribution in [0.1, 0.15) is 20.8 Å². The molecule has 1 unspecified atom stereocenters. The predicted octanol–water partition coefficient (Wildman–Crippen LogP) is 2.66. The van der Waals surface area contributed by atoms with E-state index in [0.717, 1.165) is 25.3 Å². The summed E-state index contributed by atoms with van der Waals surface area (Å²) in [5.41, 5.74) is 1.17. The Kier molecular flexibility index (Phi) is 3.99. The molecular weight excluding hydrogens is 243 g/mol. The fourth-order valence-corrected chi connectivity index (χ4v) is 2.46. The highest BCUT2D eigenvalue weighted by atomic mass is 19.1. The Morgan fingerprint density at radius 1 is 1.37 bits per heavy atom. The fourth-order valence-electron chi connectivity index (χ4n) is 2.46. The van der Waals surface area contributed by atoms with Crippen molar-refractivity contribution in [2.24, 2.45) is 5.41 Å². The third-order valence-electron chi connectivity index (χ3n) is 3.70. The Morgan fingerprint density at radius 2 is 2.11 bits per heavy atom. The van der Waals surface area contributed by atoms with E-state index in [9.17, 15) is 4.39 Å². The Labute approximate surface area is 114 Å². The zero-order chi connectivity index (χ0) is 14.0. The Bertz CT molecular complexity index is 442. The molecule has 4 heteroatoms. The van der Waals surface area contributed by atoms with Gasteiger partial charge in [0.25, 0.3) is 0 Å². The van der Waals surface area contributed by atoms with Gasteiger partial charge in [-0.05, 0) is 17.5 Å². The Balaban J connectivity index is 2.22. The highest BCUT2D eigenvalue weighted by Crippen LogP contribution is 2.31. The number of anilines is 1. The average Bonchev–Trinajstić information content (AvgIpc) is 2.37. The van der Waals surface area contributed by atoms with Gasteiger partial charge in [0.2, 0.25) is 0 Å². The minimum absolute atomic E-state index is 0.200. The van der Waals surface area contributed by atoms with Gasteiger partial charge in [0.15, 0.2) is 0 Å². The minimum Gasteiger partial charge on any atom is -0.494 e. The topological polar surface area (TPSA) is 24.5 Å². The number of hydrogen-bond donors (Lipinski definition) is 1. The van der Waals surface area contributed by atoms with Crippen molar-refractivity contribution in [2.75, 3.05) is 31.6 Å². The van der Waals surface area contributed by atoms with E-state index in [4.69, 9.17) is 4.74 Å². The maximum atomic E-state index is 13.3. The molecule has 1 aromatic carbocycles. The van der Waals surface area contributed by atoms with Gasteiger partial charge in [-0.25, -0.2) is 4.39 Å². The lowest BCUT2D eigenvalue weighted by Gasteiger charge is -2.41. The van der Waals surface area contributed by atoms with Crippen LogP contribution in [0.15, 0.2) is 18.2 Å². The summed E-state index contributed by atoms with van der Waals surface area (Å²) in [4.78, 5) is 2.27. The Hall–Kier alpha value is -1.29. The molecule has 1 saturated heterocycles. The molecule has 0 saturated carbocycles. The highest BCUT2D eigenvalue weighted by Gasteiger charge is 2.30. The van der Waals surface area contributed by atoms with Crippen molar-refractivity contribution in [1.82, 2.24) is 5.32 Å². The summed E-state index contributed by atoms with van der Waals surface area (Å²) < 4.78 is 18.6. The quantitative estimate of drug-likeness (QED) is 0.890. The van der Waals surface area contributed by atoms with Gasteiger partial charge in [0, 0.05) is 31.7 Å². The monoisotopic (exact) mass is 266 g/mol. The van der Waals surface area contributed by atoms with Crippen molar-refractivity contribution in [3.63, 3.8) is 0 Å². The van der Waals surface area contributed by atoms with Gasteiger partial charge in [-0.1, -0.05) is 20.8 Å². The maximum Gasteiger partial charge on any atom is 0.145 e. The number of benzene rings is 1. The molecule has 106 valence electrons. The minimum atomic E-state index is -0.261. The second-order valence-electron chi connectivity index (χ2n) is 6.13. The summed E-state index contributed by atoms with van der Waals surface area (Å²) >= 11 is 0. The molecule has 0 amide bonds. The molecule has 1 fully saturated rings. The molecule has 2 rings (SSSR count). The number of methoxy groups -OCH3 is 1. The molecule has 1 atom stereocenters. The second kappa shape index (κ2) is 5.37. The number of piperazine rings is 1. The van der Waals surface area contributed by atoms with Crippen LogP contribution in [0.3, 0.4) is 0 Å².